The average molecular weight is 510 g/mol. The average Bonchev–Trinajstić information content (AvgIpc) is 3.56. The summed E-state index contributed by atoms with van der Waals surface area (Å²) in [4.78, 5) is 38.2. The van der Waals surface area contributed by atoms with Gasteiger partial charge in [-0.2, -0.15) is 0 Å². The largest absolute Gasteiger partial charge is 0.497 e. The molecule has 2 atom stereocenters. The van der Waals surface area contributed by atoms with Crippen molar-refractivity contribution in [3.05, 3.63) is 57.9 Å². The number of Topliss-reactive ketones (excluding diaryl/α,β-unsaturated/α-hetero) is 1. The van der Waals surface area contributed by atoms with Crippen molar-refractivity contribution in [1.29, 1.82) is 0 Å². The van der Waals surface area contributed by atoms with E-state index in [4.69, 9.17) is 4.74 Å². The molecule has 1 saturated heterocycles. The van der Waals surface area contributed by atoms with Crippen molar-refractivity contribution in [2.24, 2.45) is 0 Å². The van der Waals surface area contributed by atoms with Crippen LogP contribution in [0, 0.1) is 13.8 Å². The molecule has 5 rings (SSSR count). The molecule has 0 bridgehead atoms. The lowest BCUT2D eigenvalue weighted by atomic mass is 9.92. The van der Waals surface area contributed by atoms with Crippen LogP contribution in [0.5, 0.6) is 5.75 Å². The van der Waals surface area contributed by atoms with Gasteiger partial charge >= 0.3 is 0 Å². The maximum absolute atomic E-state index is 14.0. The van der Waals surface area contributed by atoms with E-state index in [0.29, 0.717) is 22.8 Å². The Morgan fingerprint density at radius 3 is 2.89 bits per heavy atom. The van der Waals surface area contributed by atoms with E-state index < -0.39 is 6.04 Å². The first-order chi connectivity index (χ1) is 17.0. The van der Waals surface area contributed by atoms with Crippen molar-refractivity contribution in [3.63, 3.8) is 0 Å². The molecule has 35 heavy (non-hydrogen) atoms. The van der Waals surface area contributed by atoms with Gasteiger partial charge in [0.2, 0.25) is 5.78 Å². The third kappa shape index (κ3) is 4.61. The molecule has 1 aromatic carbocycles. The van der Waals surface area contributed by atoms with Crippen molar-refractivity contribution >= 4 is 39.3 Å². The van der Waals surface area contributed by atoms with E-state index in [9.17, 15) is 9.59 Å². The number of nitrogens with one attached hydrogen (secondary N) is 2. The molecule has 1 aliphatic heterocycles. The summed E-state index contributed by atoms with van der Waals surface area (Å²) >= 11 is 2.94. The number of rotatable bonds is 7. The lowest BCUT2D eigenvalue weighted by molar-refractivity contribution is 0.0819. The predicted octanol–water partition coefficient (Wildman–Crippen LogP) is 4.27. The molecule has 2 N–H and O–H groups in total. The molecule has 1 unspecified atom stereocenters. The van der Waals surface area contributed by atoms with E-state index >= 15 is 0 Å². The van der Waals surface area contributed by atoms with E-state index in [0.717, 1.165) is 46.2 Å². The van der Waals surface area contributed by atoms with Gasteiger partial charge in [0.15, 0.2) is 4.96 Å². The number of piperidine rings is 1. The predicted molar refractivity (Wildman–Crippen MR) is 138 cm³/mol. The second-order valence-electron chi connectivity index (χ2n) is 8.62. The SMILES string of the molecule is COc1cccc(-c2sc(C)nc2C(=O)C(NC(=O)c2c(C)nc3sccn23)[C@@H]2CCCCN2)c1. The van der Waals surface area contributed by atoms with Crippen LogP contribution < -0.4 is 15.4 Å². The number of carbonyl (C=O) groups is 2. The van der Waals surface area contributed by atoms with Gasteiger partial charge in [0.25, 0.3) is 5.91 Å². The number of benzene rings is 1. The zero-order chi connectivity index (χ0) is 24.5. The maximum Gasteiger partial charge on any atom is 0.270 e. The van der Waals surface area contributed by atoms with Crippen LogP contribution >= 0.6 is 22.7 Å². The first-order valence-electron chi connectivity index (χ1n) is 11.6. The van der Waals surface area contributed by atoms with Crippen molar-refractivity contribution in [2.45, 2.75) is 45.2 Å². The summed E-state index contributed by atoms with van der Waals surface area (Å²) in [6.07, 6.45) is 4.67. The van der Waals surface area contributed by atoms with Crippen LogP contribution in [-0.4, -0.2) is 51.8 Å². The number of amides is 1. The van der Waals surface area contributed by atoms with Crippen molar-refractivity contribution in [2.75, 3.05) is 13.7 Å². The number of aryl methyl sites for hydroxylation is 2. The third-order valence-corrected chi connectivity index (χ3v) is 8.05. The quantitative estimate of drug-likeness (QED) is 0.361. The van der Waals surface area contributed by atoms with E-state index in [1.807, 2.05) is 49.7 Å². The van der Waals surface area contributed by atoms with Crippen LogP contribution in [0.3, 0.4) is 0 Å². The number of methoxy groups -OCH3 is 1. The van der Waals surface area contributed by atoms with Gasteiger partial charge in [0.1, 0.15) is 23.2 Å². The monoisotopic (exact) mass is 509 g/mol. The van der Waals surface area contributed by atoms with Gasteiger partial charge in [-0.05, 0) is 50.9 Å². The number of aromatic nitrogens is 3. The van der Waals surface area contributed by atoms with Gasteiger partial charge in [0, 0.05) is 17.6 Å². The molecule has 3 aromatic heterocycles. The van der Waals surface area contributed by atoms with E-state index in [2.05, 4.69) is 20.6 Å². The van der Waals surface area contributed by atoms with Gasteiger partial charge in [-0.1, -0.05) is 18.6 Å². The highest BCUT2D eigenvalue weighted by Gasteiger charge is 2.35. The Morgan fingerprint density at radius 1 is 1.26 bits per heavy atom. The molecule has 0 radical (unpaired) electrons. The number of ether oxygens (including phenoxy) is 1. The molecule has 4 heterocycles. The minimum atomic E-state index is -0.753. The summed E-state index contributed by atoms with van der Waals surface area (Å²) in [6, 6.07) is 6.69. The lowest BCUT2D eigenvalue weighted by Crippen LogP contribution is -2.56. The molecular weight excluding hydrogens is 482 g/mol. The molecule has 1 fully saturated rings. The Bertz CT molecular complexity index is 1380. The second-order valence-corrected chi connectivity index (χ2v) is 10.7. The molecule has 182 valence electrons. The maximum atomic E-state index is 14.0. The number of carbonyl (C=O) groups excluding carboxylic acids is 2. The third-order valence-electron chi connectivity index (χ3n) is 6.27. The zero-order valence-corrected chi connectivity index (χ0v) is 21.5. The minimum Gasteiger partial charge on any atom is -0.497 e. The summed E-state index contributed by atoms with van der Waals surface area (Å²) in [6.45, 7) is 4.51. The first-order valence-corrected chi connectivity index (χ1v) is 13.3. The van der Waals surface area contributed by atoms with E-state index in [1.54, 1.807) is 11.5 Å². The van der Waals surface area contributed by atoms with Crippen LogP contribution in [0.4, 0.5) is 0 Å². The Hall–Kier alpha value is -3.08. The first kappa shape index (κ1) is 23.7. The fraction of sp³-hybridized carbons (Fsp3) is 0.360. The summed E-state index contributed by atoms with van der Waals surface area (Å²) in [5.74, 6) is 0.208. The van der Waals surface area contributed by atoms with E-state index in [1.165, 1.54) is 22.7 Å². The van der Waals surface area contributed by atoms with Gasteiger partial charge in [-0.15, -0.1) is 22.7 Å². The van der Waals surface area contributed by atoms with Crippen LogP contribution in [0.1, 0.15) is 50.9 Å². The number of ketones is 1. The molecule has 10 heteroatoms. The molecule has 4 aromatic rings. The summed E-state index contributed by atoms with van der Waals surface area (Å²) in [5, 5.41) is 9.19. The number of fused-ring (bicyclic) bond motifs is 1. The fourth-order valence-corrected chi connectivity index (χ4v) is 6.27. The number of hydrogen-bond donors (Lipinski definition) is 2. The van der Waals surface area contributed by atoms with Crippen LogP contribution in [0.15, 0.2) is 35.8 Å². The van der Waals surface area contributed by atoms with E-state index in [-0.39, 0.29) is 17.7 Å². The summed E-state index contributed by atoms with van der Waals surface area (Å²) < 4.78 is 7.16. The zero-order valence-electron chi connectivity index (χ0n) is 19.8. The Labute approximate surface area is 211 Å². The lowest BCUT2D eigenvalue weighted by Gasteiger charge is -2.31. The smallest absolute Gasteiger partial charge is 0.270 e. The van der Waals surface area contributed by atoms with Crippen molar-refractivity contribution in [1.82, 2.24) is 25.0 Å². The van der Waals surface area contributed by atoms with Gasteiger partial charge in [-0.25, -0.2) is 9.97 Å². The van der Waals surface area contributed by atoms with Crippen molar-refractivity contribution < 1.29 is 14.3 Å². The van der Waals surface area contributed by atoms with Crippen LogP contribution in [0.2, 0.25) is 0 Å². The summed E-state index contributed by atoms with van der Waals surface area (Å²) in [7, 11) is 1.62. The molecule has 1 aliphatic rings. The fourth-order valence-electron chi connectivity index (χ4n) is 4.59. The second kappa shape index (κ2) is 9.88. The van der Waals surface area contributed by atoms with Crippen molar-refractivity contribution in [3.8, 4) is 16.2 Å². The molecule has 0 saturated carbocycles. The number of hydrogen-bond acceptors (Lipinski definition) is 8. The molecule has 1 amide bonds. The van der Waals surface area contributed by atoms with Gasteiger partial charge in [-0.3, -0.25) is 14.0 Å². The van der Waals surface area contributed by atoms with Gasteiger partial charge in [0.05, 0.1) is 22.7 Å². The number of nitrogens with zero attached hydrogens (tertiary/aromatic N) is 3. The molecular formula is C25H27N5O3S2. The molecule has 8 nitrogen and oxygen atoms in total. The Balaban J connectivity index is 1.52. The van der Waals surface area contributed by atoms with Crippen LogP contribution in [-0.2, 0) is 0 Å². The molecule has 0 spiro atoms. The van der Waals surface area contributed by atoms with Crippen LogP contribution in [0.25, 0.3) is 15.4 Å². The van der Waals surface area contributed by atoms with Gasteiger partial charge < -0.3 is 15.4 Å². The molecule has 0 aliphatic carbocycles. The topological polar surface area (TPSA) is 97.6 Å². The highest BCUT2D eigenvalue weighted by molar-refractivity contribution is 7.15. The highest BCUT2D eigenvalue weighted by atomic mass is 32.1. The Morgan fingerprint density at radius 2 is 2.11 bits per heavy atom. The number of imidazole rings is 1. The summed E-state index contributed by atoms with van der Waals surface area (Å²) in [5.41, 5.74) is 2.34. The minimum absolute atomic E-state index is 0.174. The standard InChI is InChI=1S/C25H27N5O3S2/c1-14-21(30-11-12-34-25(30)27-14)24(32)29-19(18-9-4-5-10-26-18)22(31)20-23(35-15(2)28-20)16-7-6-8-17(13-16)33-3/h6-8,11-13,18-19,26H,4-5,9-10H2,1-3H3,(H,29,32)/t18-,19?/m0/s1. The normalized spacial score (nSPS) is 16.8. The number of thiazole rings is 2. The Kier molecular flexibility index (Phi) is 6.68. The highest BCUT2D eigenvalue weighted by Crippen LogP contribution is 2.33.